The van der Waals surface area contributed by atoms with Crippen LogP contribution in [0.15, 0.2) is 0 Å². The van der Waals surface area contributed by atoms with Gasteiger partial charge in [-0.2, -0.15) is 0 Å². The van der Waals surface area contributed by atoms with Gasteiger partial charge in [0, 0.05) is 32.2 Å². The number of hydrogen-bond donors (Lipinski definition) is 5. The Kier molecular flexibility index (Phi) is 57.1. The molecule has 0 radical (unpaired) electrons. The zero-order valence-electron chi connectivity index (χ0n) is 63.8. The van der Waals surface area contributed by atoms with E-state index in [9.17, 15) is 67.1 Å². The van der Waals surface area contributed by atoms with Crippen molar-refractivity contribution in [2.45, 2.75) is 112 Å². The summed E-state index contributed by atoms with van der Waals surface area (Å²) in [4.78, 5) is 177. The molecule has 0 aromatic heterocycles. The molecule has 5 N–H and O–H groups in total. The van der Waals surface area contributed by atoms with E-state index in [4.69, 9.17) is 99.5 Å². The third-order valence-corrected chi connectivity index (χ3v) is 14.7. The standard InChI is InChI=1S/C67H113N5O36/c1-87-54(77)16-29-100-41-65(42-101-30-17-55(78)88-2,43-102-31-18-56(79)89-3)70-51(74)13-26-97-38-64(69-50(73)12-11-25-68-63(86)96-10,39-98-27-14-52(75)71-66(44-103-32-19-57(80)90-4,45-104-33-20-58(81)91-5)46-105-34-21-59(82)92-6)40-99-28-15-53(76)72-67(47-106-35-22-60(83)93-7,48-107-36-23-61(84)94-8)49-108-37-24-62(85)95-9/h11-49H2,1-10H3,(H,68,86)(H,69,73)(H,70,74)(H,71,75)(H,72,76). The van der Waals surface area contributed by atoms with Crippen molar-refractivity contribution in [2.75, 3.05) is 236 Å². The van der Waals surface area contributed by atoms with E-state index < -0.39 is 165 Å². The van der Waals surface area contributed by atoms with Crippen molar-refractivity contribution in [3.63, 3.8) is 0 Å². The number of esters is 9. The quantitative estimate of drug-likeness (QED) is 0.0249. The van der Waals surface area contributed by atoms with Crippen molar-refractivity contribution >= 4 is 83.4 Å². The summed E-state index contributed by atoms with van der Waals surface area (Å²) < 4.78 is 118. The van der Waals surface area contributed by atoms with Gasteiger partial charge in [-0.3, -0.25) is 62.3 Å². The summed E-state index contributed by atoms with van der Waals surface area (Å²) in [6.07, 6.45) is -4.03. The Bertz CT molecular complexity index is 2230. The van der Waals surface area contributed by atoms with Crippen molar-refractivity contribution in [3.05, 3.63) is 0 Å². The summed E-state index contributed by atoms with van der Waals surface area (Å²) in [5.74, 6) is -8.25. The average molecular weight is 1560 g/mol. The van der Waals surface area contributed by atoms with Crippen LogP contribution >= 0.6 is 0 Å². The molecule has 0 aromatic carbocycles. The van der Waals surface area contributed by atoms with E-state index in [2.05, 4.69) is 31.3 Å². The van der Waals surface area contributed by atoms with Crippen LogP contribution in [0.25, 0.3) is 0 Å². The molecule has 0 spiro atoms. The zero-order valence-corrected chi connectivity index (χ0v) is 63.8. The molecule has 0 heterocycles. The maximum absolute atomic E-state index is 14.2. The first-order valence-corrected chi connectivity index (χ1v) is 34.4. The lowest BCUT2D eigenvalue weighted by molar-refractivity contribution is -0.145. The van der Waals surface area contributed by atoms with Crippen LogP contribution in [0.1, 0.15) is 89.9 Å². The lowest BCUT2D eigenvalue weighted by Gasteiger charge is -2.36. The van der Waals surface area contributed by atoms with Gasteiger partial charge in [0.05, 0.1) is 287 Å². The van der Waals surface area contributed by atoms with Gasteiger partial charge < -0.3 is 131 Å². The first-order chi connectivity index (χ1) is 51.7. The van der Waals surface area contributed by atoms with E-state index in [0.717, 1.165) is 7.11 Å². The van der Waals surface area contributed by atoms with Crippen LogP contribution in [0.4, 0.5) is 4.79 Å². The highest BCUT2D eigenvalue weighted by atomic mass is 16.6. The van der Waals surface area contributed by atoms with Gasteiger partial charge in [0.2, 0.25) is 23.6 Å². The fraction of sp³-hybridized carbons (Fsp3) is 0.791. The number of ether oxygens (including phenoxy) is 22. The Morgan fingerprint density at radius 2 is 0.352 bits per heavy atom. The molecule has 0 saturated heterocycles. The van der Waals surface area contributed by atoms with E-state index in [0.29, 0.717) is 0 Å². The lowest BCUT2D eigenvalue weighted by atomic mass is 10.0. The normalized spacial score (nSPS) is 11.4. The average Bonchev–Trinajstić information content (AvgIpc) is 0.867. The van der Waals surface area contributed by atoms with Crippen LogP contribution < -0.4 is 26.6 Å². The molecule has 622 valence electrons. The molecule has 0 unspecified atom stereocenters. The maximum atomic E-state index is 14.2. The molecule has 0 fully saturated rings. The summed E-state index contributed by atoms with van der Waals surface area (Å²) in [7, 11) is 11.8. The molecule has 0 aliphatic carbocycles. The van der Waals surface area contributed by atoms with Crippen LogP contribution in [0, 0.1) is 0 Å². The highest BCUT2D eigenvalue weighted by Crippen LogP contribution is 2.18. The van der Waals surface area contributed by atoms with Gasteiger partial charge >= 0.3 is 59.8 Å². The summed E-state index contributed by atoms with van der Waals surface area (Å²) in [5, 5.41) is 13.9. The molecule has 108 heavy (non-hydrogen) atoms. The second-order valence-corrected chi connectivity index (χ2v) is 23.7. The van der Waals surface area contributed by atoms with Crippen LogP contribution in [0.3, 0.4) is 0 Å². The molecule has 0 saturated carbocycles. The van der Waals surface area contributed by atoms with Crippen LogP contribution in [0.2, 0.25) is 0 Å². The molecule has 0 aromatic rings. The smallest absolute Gasteiger partial charge is 0.406 e. The van der Waals surface area contributed by atoms with E-state index in [-0.39, 0.29) is 196 Å². The molecule has 0 aliphatic rings. The molecule has 0 bridgehead atoms. The number of amides is 5. The molecule has 41 nitrogen and oxygen atoms in total. The molecule has 0 aliphatic heterocycles. The number of carbonyl (C=O) groups is 14. The highest BCUT2D eigenvalue weighted by molar-refractivity contribution is 5.79. The number of nitrogens with one attached hydrogen (secondary N) is 5. The van der Waals surface area contributed by atoms with Crippen molar-refractivity contribution in [3.8, 4) is 0 Å². The molecule has 5 amide bonds. The third-order valence-electron chi connectivity index (χ3n) is 14.7. The third kappa shape index (κ3) is 50.5. The van der Waals surface area contributed by atoms with Gasteiger partial charge in [0.25, 0.3) is 0 Å². The number of methoxy groups -OCH3 is 10. The van der Waals surface area contributed by atoms with E-state index in [1.807, 2.05) is 0 Å². The van der Waals surface area contributed by atoms with Gasteiger partial charge in [-0.1, -0.05) is 0 Å². The zero-order chi connectivity index (χ0) is 80.8. The van der Waals surface area contributed by atoms with Crippen molar-refractivity contribution < 1.29 is 171 Å². The Labute approximate surface area is 627 Å². The van der Waals surface area contributed by atoms with Crippen molar-refractivity contribution in [2.24, 2.45) is 0 Å². The number of rotatable bonds is 68. The Morgan fingerprint density at radius 1 is 0.204 bits per heavy atom. The Morgan fingerprint density at radius 3 is 0.500 bits per heavy atom. The molecule has 0 atom stereocenters. The predicted octanol–water partition coefficient (Wildman–Crippen LogP) is -2.02. The van der Waals surface area contributed by atoms with Gasteiger partial charge in [-0.15, -0.1) is 0 Å². The molecule has 41 heteroatoms. The number of hydrogen-bond acceptors (Lipinski definition) is 36. The second-order valence-electron chi connectivity index (χ2n) is 23.7. The second kappa shape index (κ2) is 61.7. The van der Waals surface area contributed by atoms with E-state index in [1.165, 1.54) is 64.0 Å². The van der Waals surface area contributed by atoms with E-state index in [1.54, 1.807) is 0 Å². The first-order valence-electron chi connectivity index (χ1n) is 34.4. The minimum absolute atomic E-state index is 0.0325. The summed E-state index contributed by atoms with van der Waals surface area (Å²) in [5.41, 5.74) is -6.51. The van der Waals surface area contributed by atoms with Crippen LogP contribution in [-0.4, -0.2) is 342 Å². The summed E-state index contributed by atoms with van der Waals surface area (Å²) >= 11 is 0. The summed E-state index contributed by atoms with van der Waals surface area (Å²) in [6.45, 7) is -7.87. The molecular formula is C67H113N5O36. The predicted molar refractivity (Wildman–Crippen MR) is 367 cm³/mol. The van der Waals surface area contributed by atoms with Gasteiger partial charge in [-0.25, -0.2) is 4.79 Å². The fourth-order valence-electron chi connectivity index (χ4n) is 8.90. The number of carbonyl (C=O) groups excluding carboxylic acids is 14. The van der Waals surface area contributed by atoms with Gasteiger partial charge in [0.1, 0.15) is 22.2 Å². The minimum Gasteiger partial charge on any atom is -0.469 e. The molecule has 0 rings (SSSR count). The largest absolute Gasteiger partial charge is 0.469 e. The Hall–Kier alpha value is -8.10. The fourth-order valence-corrected chi connectivity index (χ4v) is 8.90. The van der Waals surface area contributed by atoms with Crippen LogP contribution in [-0.2, 0) is 167 Å². The summed E-state index contributed by atoms with van der Waals surface area (Å²) in [6, 6.07) is 0. The van der Waals surface area contributed by atoms with Gasteiger partial charge in [-0.05, 0) is 6.42 Å². The maximum Gasteiger partial charge on any atom is 0.406 e. The van der Waals surface area contributed by atoms with Crippen molar-refractivity contribution in [1.29, 1.82) is 0 Å². The Balaban J connectivity index is 7.82. The SMILES string of the molecule is COC(=O)CCOCC(COCCC(=O)OC)(COCCC(=O)OC)NC(=O)CCOCC(COCCC(=O)NC(COCCC(=O)OC)(COCCC(=O)OC)COCCC(=O)OC)(COCCC(=O)NC(COCCC(=O)OC)(COCCC(=O)OC)COCCC(=O)OC)NC(=O)CCCNC(=O)OC. The lowest BCUT2D eigenvalue weighted by Crippen LogP contribution is -2.60. The number of alkyl carbamates (subject to hydrolysis) is 1. The minimum atomic E-state index is -1.80. The highest BCUT2D eigenvalue weighted by Gasteiger charge is 2.39. The van der Waals surface area contributed by atoms with Crippen LogP contribution in [0.5, 0.6) is 0 Å². The monoisotopic (exact) mass is 1560 g/mol. The first kappa shape index (κ1) is 99.9. The van der Waals surface area contributed by atoms with E-state index >= 15 is 0 Å². The van der Waals surface area contributed by atoms with Crippen molar-refractivity contribution in [1.82, 2.24) is 26.6 Å². The van der Waals surface area contributed by atoms with Gasteiger partial charge in [0.15, 0.2) is 0 Å². The topological polar surface area (TPSA) is 502 Å². The molecular weight excluding hydrogens is 1450 g/mol.